The predicted octanol–water partition coefficient (Wildman–Crippen LogP) is 2.29. The van der Waals surface area contributed by atoms with E-state index in [0.29, 0.717) is 24.5 Å². The van der Waals surface area contributed by atoms with E-state index in [1.54, 1.807) is 24.3 Å². The fourth-order valence-electron chi connectivity index (χ4n) is 1.64. The van der Waals surface area contributed by atoms with E-state index in [1.807, 2.05) is 0 Å². The van der Waals surface area contributed by atoms with Gasteiger partial charge in [-0.05, 0) is 43.5 Å². The number of carbonyl (C=O) groups excluding carboxylic acids is 1. The first kappa shape index (κ1) is 17.9. The average Bonchev–Trinajstić information content (AvgIpc) is 2.41. The molecule has 0 aliphatic rings. The van der Waals surface area contributed by atoms with Crippen LogP contribution in [0.1, 0.15) is 36.0 Å². The second-order valence-corrected chi connectivity index (χ2v) is 8.16. The van der Waals surface area contributed by atoms with Gasteiger partial charge in [-0.15, -0.1) is 0 Å². The molecule has 2 N–H and O–H groups in total. The fourth-order valence-corrected chi connectivity index (χ4v) is 2.26. The third-order valence-corrected chi connectivity index (χ3v) is 3.60. The normalized spacial score (nSPS) is 13.6. The zero-order valence-electron chi connectivity index (χ0n) is 12.1. The Kier molecular flexibility index (Phi) is 7.63. The van der Waals surface area contributed by atoms with Gasteiger partial charge < -0.3 is 10.5 Å². The molecule has 0 aliphatic heterocycles. The molecule has 0 amide bonds. The number of nitrogen functional groups attached to an aromatic ring is 1. The second kappa shape index (κ2) is 8.96. The van der Waals surface area contributed by atoms with Crippen LogP contribution in [0, 0.1) is 0 Å². The Bertz CT molecular complexity index is 541. The van der Waals surface area contributed by atoms with Crippen molar-refractivity contribution in [3.8, 4) is 0 Å². The van der Waals surface area contributed by atoms with Gasteiger partial charge in [0.2, 0.25) is 0 Å². The van der Waals surface area contributed by atoms with Gasteiger partial charge in [-0.25, -0.2) is 9.00 Å². The summed E-state index contributed by atoms with van der Waals surface area (Å²) in [6, 6.07) is 6.63. The number of rotatable bonds is 9. The van der Waals surface area contributed by atoms with E-state index in [1.165, 1.54) is 6.26 Å². The Labute approximate surface area is 130 Å². The van der Waals surface area contributed by atoms with Crippen LogP contribution in [-0.2, 0) is 28.9 Å². The summed E-state index contributed by atoms with van der Waals surface area (Å²) in [6.07, 6.45) is 4.83. The molecule has 0 saturated heterocycles. The molecule has 0 heterocycles. The van der Waals surface area contributed by atoms with E-state index in [4.69, 9.17) is 14.7 Å². The van der Waals surface area contributed by atoms with Crippen LogP contribution in [0.25, 0.3) is 0 Å². The molecule has 0 spiro atoms. The fraction of sp³-hybridized carbons (Fsp3) is 0.500. The molecule has 0 aliphatic carbocycles. The largest absolute Gasteiger partial charge is 0.462 e. The lowest BCUT2D eigenvalue weighted by Gasteiger charge is -2.05. The molecule has 1 unspecified atom stereocenters. The molecule has 0 fully saturated rings. The molecule has 1 aromatic rings. The minimum absolute atomic E-state index is 0.338. The zero-order chi connectivity index (χ0) is 15.7. The summed E-state index contributed by atoms with van der Waals surface area (Å²) in [4.78, 5) is 11.7. The van der Waals surface area contributed by atoms with E-state index < -0.39 is 8.77 Å². The summed E-state index contributed by atoms with van der Waals surface area (Å²) in [7, 11) is -2.51. The predicted molar refractivity (Wildman–Crippen MR) is 87.0 cm³/mol. The monoisotopic (exact) mass is 331 g/mol. The average molecular weight is 331 g/mol. The topological polar surface area (TPSA) is 78.6 Å². The van der Waals surface area contributed by atoms with Gasteiger partial charge in [0.25, 0.3) is 0 Å². The number of esters is 1. The molecule has 5 nitrogen and oxygen atoms in total. The Morgan fingerprint density at radius 1 is 1.14 bits per heavy atom. The molecular weight excluding hydrogens is 310 g/mol. The molecule has 1 atom stereocenters. The molecule has 1 aromatic carbocycles. The van der Waals surface area contributed by atoms with E-state index in [0.717, 1.165) is 25.7 Å². The molecule has 118 valence electrons. The van der Waals surface area contributed by atoms with Crippen molar-refractivity contribution in [3.63, 3.8) is 0 Å². The van der Waals surface area contributed by atoms with Crippen LogP contribution in [0.3, 0.4) is 0 Å². The Morgan fingerprint density at radius 3 is 2.29 bits per heavy atom. The standard InChI is InChI=1S/C14H21NO4S2/c1-21(17,20)19-11-5-3-2-4-10-18-14(16)12-6-8-13(15)9-7-12/h6-9H,2-5,10-11,15H2,1H3. The summed E-state index contributed by atoms with van der Waals surface area (Å²) in [5, 5.41) is 0. The van der Waals surface area contributed by atoms with Crippen LogP contribution in [0.5, 0.6) is 0 Å². The quantitative estimate of drug-likeness (QED) is 0.425. The van der Waals surface area contributed by atoms with Gasteiger partial charge in [0.15, 0.2) is 0 Å². The highest BCUT2D eigenvalue weighted by Crippen LogP contribution is 2.08. The van der Waals surface area contributed by atoms with Gasteiger partial charge in [-0.1, -0.05) is 6.42 Å². The summed E-state index contributed by atoms with van der Waals surface area (Å²) < 4.78 is 21.2. The van der Waals surface area contributed by atoms with Crippen molar-refractivity contribution in [2.75, 3.05) is 25.2 Å². The van der Waals surface area contributed by atoms with Crippen molar-refractivity contribution < 1.29 is 17.9 Å². The minimum atomic E-state index is -2.51. The van der Waals surface area contributed by atoms with E-state index >= 15 is 0 Å². The number of unbranched alkanes of at least 4 members (excludes halogenated alkanes) is 3. The third-order valence-electron chi connectivity index (χ3n) is 2.72. The number of hydrogen-bond acceptors (Lipinski definition) is 6. The van der Waals surface area contributed by atoms with Gasteiger partial charge in [-0.3, -0.25) is 4.18 Å². The molecule has 0 saturated carbocycles. The number of benzene rings is 1. The Balaban J connectivity index is 2.06. The number of ether oxygens (including phenoxy) is 1. The maximum Gasteiger partial charge on any atom is 0.338 e. The van der Waals surface area contributed by atoms with Crippen molar-refractivity contribution in [2.45, 2.75) is 25.7 Å². The van der Waals surface area contributed by atoms with Gasteiger partial charge in [-0.2, -0.15) is 0 Å². The van der Waals surface area contributed by atoms with Gasteiger partial charge in [0.05, 0.1) is 18.8 Å². The van der Waals surface area contributed by atoms with Crippen LogP contribution in [0.2, 0.25) is 0 Å². The van der Waals surface area contributed by atoms with Crippen LogP contribution in [0.4, 0.5) is 5.69 Å². The van der Waals surface area contributed by atoms with E-state index in [-0.39, 0.29) is 5.97 Å². The Hall–Kier alpha value is -1.18. The van der Waals surface area contributed by atoms with Crippen LogP contribution < -0.4 is 5.73 Å². The zero-order valence-corrected chi connectivity index (χ0v) is 13.7. The molecule has 21 heavy (non-hydrogen) atoms. The number of anilines is 1. The lowest BCUT2D eigenvalue weighted by molar-refractivity contribution is 0.0497. The maximum atomic E-state index is 11.7. The lowest BCUT2D eigenvalue weighted by Crippen LogP contribution is -2.06. The summed E-state index contributed by atoms with van der Waals surface area (Å²) in [5.41, 5.74) is 6.66. The van der Waals surface area contributed by atoms with Crippen molar-refractivity contribution in [2.24, 2.45) is 0 Å². The van der Waals surface area contributed by atoms with Crippen molar-refractivity contribution in [1.29, 1.82) is 0 Å². The minimum Gasteiger partial charge on any atom is -0.462 e. The molecule has 1 rings (SSSR count). The highest BCUT2D eigenvalue weighted by Gasteiger charge is 2.05. The smallest absolute Gasteiger partial charge is 0.338 e. The van der Waals surface area contributed by atoms with E-state index in [2.05, 4.69) is 11.2 Å². The highest BCUT2D eigenvalue weighted by atomic mass is 32.8. The van der Waals surface area contributed by atoms with Crippen molar-refractivity contribution in [3.05, 3.63) is 29.8 Å². The first-order valence-electron chi connectivity index (χ1n) is 6.75. The van der Waals surface area contributed by atoms with Gasteiger partial charge in [0, 0.05) is 23.1 Å². The van der Waals surface area contributed by atoms with E-state index in [9.17, 15) is 9.00 Å². The first-order chi connectivity index (χ1) is 9.88. The summed E-state index contributed by atoms with van der Waals surface area (Å²) >= 11 is 4.63. The first-order valence-corrected chi connectivity index (χ1v) is 9.57. The summed E-state index contributed by atoms with van der Waals surface area (Å²) in [5.74, 6) is -0.338. The molecule has 0 radical (unpaired) electrons. The van der Waals surface area contributed by atoms with Crippen molar-refractivity contribution >= 4 is 31.6 Å². The van der Waals surface area contributed by atoms with Crippen LogP contribution in [0.15, 0.2) is 24.3 Å². The number of nitrogens with two attached hydrogens (primary N) is 1. The van der Waals surface area contributed by atoms with Crippen LogP contribution >= 0.6 is 0 Å². The summed E-state index contributed by atoms with van der Waals surface area (Å²) in [6.45, 7) is 0.791. The van der Waals surface area contributed by atoms with Gasteiger partial charge in [0.1, 0.15) is 8.77 Å². The third kappa shape index (κ3) is 8.64. The highest BCUT2D eigenvalue weighted by molar-refractivity contribution is 8.29. The second-order valence-electron chi connectivity index (χ2n) is 4.70. The molecular formula is C14H21NO4S2. The molecule has 0 bridgehead atoms. The van der Waals surface area contributed by atoms with Crippen LogP contribution in [-0.4, -0.2) is 29.6 Å². The van der Waals surface area contributed by atoms with Crippen molar-refractivity contribution in [1.82, 2.24) is 0 Å². The maximum absolute atomic E-state index is 11.7. The molecule has 7 heteroatoms. The number of carbonyl (C=O) groups is 1. The Morgan fingerprint density at radius 2 is 1.71 bits per heavy atom. The van der Waals surface area contributed by atoms with Gasteiger partial charge >= 0.3 is 5.97 Å². The molecule has 0 aromatic heterocycles. The lowest BCUT2D eigenvalue weighted by atomic mass is 10.2. The SMILES string of the molecule is CS(=O)(=S)OCCCCCCOC(=O)c1ccc(N)cc1. The number of hydrogen-bond donors (Lipinski definition) is 1.